The van der Waals surface area contributed by atoms with Crippen LogP contribution in [0.5, 0.6) is 23.0 Å². The van der Waals surface area contributed by atoms with Crippen molar-refractivity contribution in [3.63, 3.8) is 0 Å². The first kappa shape index (κ1) is 39.8. The highest BCUT2D eigenvalue weighted by molar-refractivity contribution is 5.46. The van der Waals surface area contributed by atoms with Gasteiger partial charge in [0.2, 0.25) is 0 Å². The summed E-state index contributed by atoms with van der Waals surface area (Å²) in [6.45, 7) is 20.4. The highest BCUT2D eigenvalue weighted by Crippen LogP contribution is 2.36. The molecular weight excluding hydrogens is 616 g/mol. The maximum absolute atomic E-state index is 6.11. The van der Waals surface area contributed by atoms with Crippen LogP contribution in [0, 0.1) is 0 Å². The first-order valence-corrected chi connectivity index (χ1v) is 17.5. The molecule has 2 aromatic rings. The van der Waals surface area contributed by atoms with Crippen LogP contribution >= 0.6 is 0 Å². The minimum atomic E-state index is 0.0280. The van der Waals surface area contributed by atoms with Crippen LogP contribution < -0.4 is 18.9 Å². The quantitative estimate of drug-likeness (QED) is 0.363. The van der Waals surface area contributed by atoms with Crippen LogP contribution in [0.2, 0.25) is 0 Å². The summed E-state index contributed by atoms with van der Waals surface area (Å²) in [5.41, 5.74) is 2.46. The Balaban J connectivity index is 1.50. The lowest BCUT2D eigenvalue weighted by atomic mass is 9.82. The fourth-order valence-corrected chi connectivity index (χ4v) is 4.66. The van der Waals surface area contributed by atoms with E-state index in [9.17, 15) is 0 Å². The molecular formula is C38H60O10. The Morgan fingerprint density at radius 3 is 0.896 bits per heavy atom. The molecule has 272 valence electrons. The zero-order valence-electron chi connectivity index (χ0n) is 30.3. The van der Waals surface area contributed by atoms with Gasteiger partial charge in [-0.3, -0.25) is 0 Å². The van der Waals surface area contributed by atoms with Gasteiger partial charge in [-0.05, 0) is 59.1 Å². The third-order valence-corrected chi connectivity index (χ3v) is 8.65. The molecule has 0 fully saturated rings. The zero-order valence-corrected chi connectivity index (χ0v) is 30.3. The Kier molecular flexibility index (Phi) is 18.4. The summed E-state index contributed by atoms with van der Waals surface area (Å²) in [6, 6.07) is 12.3. The van der Waals surface area contributed by atoms with Crippen LogP contribution in [0.4, 0.5) is 0 Å². The highest BCUT2D eigenvalue weighted by Gasteiger charge is 2.21. The van der Waals surface area contributed by atoms with Gasteiger partial charge in [0.1, 0.15) is 26.4 Å². The normalized spacial score (nSPS) is 18.5. The number of fused-ring (bicyclic) bond motifs is 2. The van der Waals surface area contributed by atoms with E-state index in [1.54, 1.807) is 0 Å². The molecule has 48 heavy (non-hydrogen) atoms. The molecule has 0 amide bonds. The van der Waals surface area contributed by atoms with E-state index in [1.165, 1.54) is 11.1 Å². The van der Waals surface area contributed by atoms with Crippen LogP contribution in [0.1, 0.15) is 65.5 Å². The molecule has 0 N–H and O–H groups in total. The van der Waals surface area contributed by atoms with Gasteiger partial charge in [0.25, 0.3) is 0 Å². The van der Waals surface area contributed by atoms with E-state index in [1.807, 2.05) is 12.1 Å². The van der Waals surface area contributed by atoms with Crippen molar-refractivity contribution < 1.29 is 47.4 Å². The molecule has 0 saturated heterocycles. The van der Waals surface area contributed by atoms with Crippen LogP contribution in [0.25, 0.3) is 0 Å². The Morgan fingerprint density at radius 2 is 0.625 bits per heavy atom. The van der Waals surface area contributed by atoms with Gasteiger partial charge in [0.15, 0.2) is 23.0 Å². The lowest BCUT2D eigenvalue weighted by molar-refractivity contribution is 0.00247. The van der Waals surface area contributed by atoms with Gasteiger partial charge in [-0.15, -0.1) is 0 Å². The second-order valence-electron chi connectivity index (χ2n) is 12.9. The molecule has 0 atom stereocenters. The van der Waals surface area contributed by atoms with Gasteiger partial charge in [-0.1, -0.05) is 53.7 Å². The van der Waals surface area contributed by atoms with Gasteiger partial charge in [-0.25, -0.2) is 0 Å². The molecule has 0 aromatic heterocycles. The summed E-state index contributed by atoms with van der Waals surface area (Å²) >= 11 is 0. The van der Waals surface area contributed by atoms with E-state index in [0.29, 0.717) is 129 Å². The van der Waals surface area contributed by atoms with E-state index in [0.717, 1.165) is 12.8 Å². The van der Waals surface area contributed by atoms with E-state index in [4.69, 9.17) is 47.4 Å². The summed E-state index contributed by atoms with van der Waals surface area (Å²) < 4.78 is 58.5. The third-order valence-electron chi connectivity index (χ3n) is 8.65. The minimum Gasteiger partial charge on any atom is -0.487 e. The molecule has 0 spiro atoms. The molecule has 10 nitrogen and oxygen atoms in total. The van der Waals surface area contributed by atoms with E-state index in [-0.39, 0.29) is 10.8 Å². The maximum atomic E-state index is 6.11. The third kappa shape index (κ3) is 14.5. The molecule has 0 aliphatic carbocycles. The molecule has 3 rings (SSSR count). The Labute approximate surface area is 288 Å². The van der Waals surface area contributed by atoms with E-state index >= 15 is 0 Å². The summed E-state index contributed by atoms with van der Waals surface area (Å²) in [7, 11) is 0. The summed E-state index contributed by atoms with van der Waals surface area (Å²) in [5.74, 6) is 2.79. The SMILES string of the molecule is CCC(C)(C)c1ccc2c(c1)OCCOCCOCCOCCOc1ccc(C(C)(C)CC)cc1OCCOCCOCCOCCO2. The molecule has 0 bridgehead atoms. The summed E-state index contributed by atoms with van der Waals surface area (Å²) in [6.07, 6.45) is 2.02. The first-order chi connectivity index (χ1) is 23.3. The minimum absolute atomic E-state index is 0.0280. The van der Waals surface area contributed by atoms with Crippen molar-refractivity contribution in [3.8, 4) is 23.0 Å². The number of ether oxygens (including phenoxy) is 10. The summed E-state index contributed by atoms with van der Waals surface area (Å²) in [5, 5.41) is 0. The van der Waals surface area contributed by atoms with Gasteiger partial charge in [-0.2, -0.15) is 0 Å². The number of hydrogen-bond acceptors (Lipinski definition) is 10. The lowest BCUT2D eigenvalue weighted by Gasteiger charge is -2.25. The zero-order chi connectivity index (χ0) is 34.5. The monoisotopic (exact) mass is 676 g/mol. The molecule has 1 aliphatic rings. The van der Waals surface area contributed by atoms with Crippen molar-refractivity contribution >= 4 is 0 Å². The van der Waals surface area contributed by atoms with Crippen molar-refractivity contribution in [3.05, 3.63) is 47.5 Å². The van der Waals surface area contributed by atoms with Gasteiger partial charge >= 0.3 is 0 Å². The predicted octanol–water partition coefficient (Wildman–Crippen LogP) is 6.39. The lowest BCUT2D eigenvalue weighted by Crippen LogP contribution is -2.17. The van der Waals surface area contributed by atoms with Crippen molar-refractivity contribution in [1.82, 2.24) is 0 Å². The fourth-order valence-electron chi connectivity index (χ4n) is 4.66. The predicted molar refractivity (Wildman–Crippen MR) is 186 cm³/mol. The molecule has 0 radical (unpaired) electrons. The standard InChI is InChI=1S/C38H60O10/c1-7-37(3,4)31-9-11-33-35(29-31)47-27-23-43-19-15-39-14-18-42-22-26-46-34-12-10-32(38(5,6)8-2)30-36(34)48-28-24-44-20-16-40-13-17-41-21-25-45-33/h9-12,29-30H,7-8,13-28H2,1-6H3. The number of benzene rings is 2. The fraction of sp³-hybridized carbons (Fsp3) is 0.684. The van der Waals surface area contributed by atoms with Crippen LogP contribution in [0.3, 0.4) is 0 Å². The topological polar surface area (TPSA) is 92.3 Å². The molecule has 1 aliphatic heterocycles. The second kappa shape index (κ2) is 22.2. The first-order valence-electron chi connectivity index (χ1n) is 17.5. The average molecular weight is 677 g/mol. The maximum Gasteiger partial charge on any atom is 0.161 e. The van der Waals surface area contributed by atoms with Crippen molar-refractivity contribution in [1.29, 1.82) is 0 Å². The second-order valence-corrected chi connectivity index (χ2v) is 12.9. The molecule has 2 aromatic carbocycles. The van der Waals surface area contributed by atoms with Gasteiger partial charge < -0.3 is 47.4 Å². The number of hydrogen-bond donors (Lipinski definition) is 0. The van der Waals surface area contributed by atoms with Crippen LogP contribution in [-0.4, -0.2) is 106 Å². The number of rotatable bonds is 4. The molecule has 0 unspecified atom stereocenters. The largest absolute Gasteiger partial charge is 0.487 e. The van der Waals surface area contributed by atoms with Crippen LogP contribution in [-0.2, 0) is 39.3 Å². The average Bonchev–Trinajstić information content (AvgIpc) is 3.09. The van der Waals surface area contributed by atoms with E-state index < -0.39 is 0 Å². The summed E-state index contributed by atoms with van der Waals surface area (Å²) in [4.78, 5) is 0. The molecule has 10 heteroatoms. The van der Waals surface area contributed by atoms with Crippen molar-refractivity contribution in [2.24, 2.45) is 0 Å². The van der Waals surface area contributed by atoms with Crippen molar-refractivity contribution in [2.45, 2.75) is 65.2 Å². The van der Waals surface area contributed by atoms with Gasteiger partial charge in [0, 0.05) is 0 Å². The highest BCUT2D eigenvalue weighted by atomic mass is 16.6. The van der Waals surface area contributed by atoms with Crippen LogP contribution in [0.15, 0.2) is 36.4 Å². The molecule has 0 saturated carbocycles. The Morgan fingerprint density at radius 1 is 0.375 bits per heavy atom. The van der Waals surface area contributed by atoms with Gasteiger partial charge in [0.05, 0.1) is 79.3 Å². The van der Waals surface area contributed by atoms with Crippen molar-refractivity contribution in [2.75, 3.05) is 106 Å². The Bertz CT molecular complexity index is 1060. The van der Waals surface area contributed by atoms with E-state index in [2.05, 4.69) is 65.8 Å². The smallest absolute Gasteiger partial charge is 0.161 e. The molecule has 1 heterocycles. The Hall–Kier alpha value is -2.60.